The van der Waals surface area contributed by atoms with Crippen molar-refractivity contribution in [3.63, 3.8) is 0 Å². The predicted octanol–water partition coefficient (Wildman–Crippen LogP) is 2.87. The summed E-state index contributed by atoms with van der Waals surface area (Å²) in [5, 5.41) is 8.24. The summed E-state index contributed by atoms with van der Waals surface area (Å²) in [4.78, 5) is 11.3. The molecule has 0 bridgehead atoms. The lowest BCUT2D eigenvalue weighted by Gasteiger charge is -2.17. The molecule has 3 nitrogen and oxygen atoms in total. The Labute approximate surface area is 99.3 Å². The van der Waals surface area contributed by atoms with Gasteiger partial charge in [0.05, 0.1) is 5.92 Å². The van der Waals surface area contributed by atoms with Crippen LogP contribution in [0.15, 0.2) is 0 Å². The lowest BCUT2D eigenvalue weighted by molar-refractivity contribution is -0.145. The van der Waals surface area contributed by atoms with E-state index in [4.69, 9.17) is 10.00 Å². The highest BCUT2D eigenvalue weighted by Crippen LogP contribution is 2.36. The fourth-order valence-corrected chi connectivity index (χ4v) is 3.27. The van der Waals surface area contributed by atoms with Gasteiger partial charge in [-0.3, -0.25) is 4.79 Å². The van der Waals surface area contributed by atoms with Crippen molar-refractivity contribution in [3.05, 3.63) is 0 Å². The van der Waals surface area contributed by atoms with Gasteiger partial charge in [0.15, 0.2) is 6.61 Å². The first-order chi connectivity index (χ1) is 6.87. The fourth-order valence-electron chi connectivity index (χ4n) is 0.627. The molecular weight excluding hydrogens is 230 g/mol. The molecule has 5 heteroatoms. The molecule has 0 spiro atoms. The number of hydrogen-bond donors (Lipinski definition) is 0. The SMILES string of the molecule is CC(CSSC(C)(C)C)C(=O)OCC#N. The van der Waals surface area contributed by atoms with Crippen LogP contribution in [0.2, 0.25) is 0 Å². The Morgan fingerprint density at radius 3 is 2.60 bits per heavy atom. The van der Waals surface area contributed by atoms with Gasteiger partial charge in [0.2, 0.25) is 0 Å². The zero-order chi connectivity index (χ0) is 11.9. The zero-order valence-electron chi connectivity index (χ0n) is 9.57. The molecule has 1 unspecified atom stereocenters. The Morgan fingerprint density at radius 1 is 1.53 bits per heavy atom. The Kier molecular flexibility index (Phi) is 6.86. The van der Waals surface area contributed by atoms with Crippen molar-refractivity contribution in [2.24, 2.45) is 5.92 Å². The first kappa shape index (κ1) is 14.7. The topological polar surface area (TPSA) is 50.1 Å². The summed E-state index contributed by atoms with van der Waals surface area (Å²) in [7, 11) is 3.41. The van der Waals surface area contributed by atoms with E-state index >= 15 is 0 Å². The number of nitriles is 1. The van der Waals surface area contributed by atoms with E-state index in [0.717, 1.165) is 0 Å². The molecule has 15 heavy (non-hydrogen) atoms. The molecule has 0 aromatic heterocycles. The maximum atomic E-state index is 11.3. The Morgan fingerprint density at radius 2 is 2.13 bits per heavy atom. The van der Waals surface area contributed by atoms with Gasteiger partial charge >= 0.3 is 5.97 Å². The fraction of sp³-hybridized carbons (Fsp3) is 0.800. The predicted molar refractivity (Wildman–Crippen MR) is 65.5 cm³/mol. The second kappa shape index (κ2) is 7.02. The molecule has 0 N–H and O–H groups in total. The molecule has 0 fully saturated rings. The Hall–Kier alpha value is -0.340. The van der Waals surface area contributed by atoms with Gasteiger partial charge in [-0.2, -0.15) is 5.26 Å². The molecule has 0 radical (unpaired) electrons. The highest BCUT2D eigenvalue weighted by atomic mass is 33.1. The summed E-state index contributed by atoms with van der Waals surface area (Å²) in [5.74, 6) is 0.267. The summed E-state index contributed by atoms with van der Waals surface area (Å²) in [6.07, 6.45) is 0. The molecule has 0 aliphatic heterocycles. The lowest BCUT2D eigenvalue weighted by atomic mass is 10.2. The van der Waals surface area contributed by atoms with Gasteiger partial charge in [0.25, 0.3) is 0 Å². The molecule has 1 atom stereocenters. The van der Waals surface area contributed by atoms with Gasteiger partial charge in [0, 0.05) is 10.5 Å². The molecule has 0 aliphatic rings. The molecule has 0 aromatic rings. The van der Waals surface area contributed by atoms with Crippen LogP contribution in [0.25, 0.3) is 0 Å². The second-order valence-electron chi connectivity index (χ2n) is 4.15. The van der Waals surface area contributed by atoms with Gasteiger partial charge in [-0.05, 0) is 0 Å². The minimum absolute atomic E-state index is 0.153. The number of ether oxygens (including phenoxy) is 1. The molecule has 0 aliphatic carbocycles. The van der Waals surface area contributed by atoms with Crippen LogP contribution in [-0.2, 0) is 9.53 Å². The minimum atomic E-state index is -0.293. The van der Waals surface area contributed by atoms with Crippen LogP contribution < -0.4 is 0 Å². The Balaban J connectivity index is 3.70. The standard InChI is InChI=1S/C10H17NO2S2/c1-8(9(12)13-6-5-11)7-14-15-10(2,3)4/h8H,6-7H2,1-4H3. The average Bonchev–Trinajstić information content (AvgIpc) is 2.11. The zero-order valence-corrected chi connectivity index (χ0v) is 11.2. The maximum Gasteiger partial charge on any atom is 0.310 e. The summed E-state index contributed by atoms with van der Waals surface area (Å²) >= 11 is 0. The van der Waals surface area contributed by atoms with Gasteiger partial charge < -0.3 is 4.74 Å². The summed E-state index contributed by atoms with van der Waals surface area (Å²) in [6.45, 7) is 8.05. The number of carbonyl (C=O) groups is 1. The van der Waals surface area contributed by atoms with Crippen LogP contribution in [0.4, 0.5) is 0 Å². The summed E-state index contributed by atoms with van der Waals surface area (Å²) in [5.41, 5.74) is 0. The van der Waals surface area contributed by atoms with Gasteiger partial charge in [0.1, 0.15) is 6.07 Å². The third-order valence-electron chi connectivity index (χ3n) is 1.31. The number of nitrogens with zero attached hydrogens (tertiary/aromatic N) is 1. The third-order valence-corrected chi connectivity index (χ3v) is 4.82. The normalized spacial score (nSPS) is 13.0. The van der Waals surface area contributed by atoms with Crippen molar-refractivity contribution >= 4 is 27.6 Å². The average molecular weight is 247 g/mol. The highest BCUT2D eigenvalue weighted by Gasteiger charge is 2.17. The van der Waals surface area contributed by atoms with Crippen LogP contribution in [0.3, 0.4) is 0 Å². The minimum Gasteiger partial charge on any atom is -0.450 e. The van der Waals surface area contributed by atoms with Crippen molar-refractivity contribution in [1.29, 1.82) is 5.26 Å². The van der Waals surface area contributed by atoms with E-state index in [2.05, 4.69) is 20.8 Å². The van der Waals surface area contributed by atoms with Crippen LogP contribution in [0.5, 0.6) is 0 Å². The van der Waals surface area contributed by atoms with Gasteiger partial charge in [-0.1, -0.05) is 49.3 Å². The smallest absolute Gasteiger partial charge is 0.310 e. The molecule has 0 saturated heterocycles. The van der Waals surface area contributed by atoms with Gasteiger partial charge in [-0.15, -0.1) is 0 Å². The Bertz CT molecular complexity index is 243. The van der Waals surface area contributed by atoms with Crippen molar-refractivity contribution in [3.8, 4) is 6.07 Å². The number of carbonyl (C=O) groups excluding carboxylic acids is 1. The van der Waals surface area contributed by atoms with Crippen molar-refractivity contribution in [2.75, 3.05) is 12.4 Å². The molecule has 0 aromatic carbocycles. The van der Waals surface area contributed by atoms with E-state index in [1.54, 1.807) is 27.7 Å². The second-order valence-corrected chi connectivity index (χ2v) is 7.31. The molecule has 86 valence electrons. The van der Waals surface area contributed by atoms with Crippen LogP contribution in [0.1, 0.15) is 27.7 Å². The summed E-state index contributed by atoms with van der Waals surface area (Å²) in [6, 6.07) is 1.78. The van der Waals surface area contributed by atoms with E-state index in [1.165, 1.54) is 0 Å². The first-order valence-corrected chi connectivity index (χ1v) is 7.03. The molecule has 0 amide bonds. The lowest BCUT2D eigenvalue weighted by Crippen LogP contribution is -2.17. The third kappa shape index (κ3) is 8.64. The largest absolute Gasteiger partial charge is 0.450 e. The van der Waals surface area contributed by atoms with E-state index in [-0.39, 0.29) is 23.2 Å². The molecule has 0 rings (SSSR count). The highest BCUT2D eigenvalue weighted by molar-refractivity contribution is 8.77. The maximum absolute atomic E-state index is 11.3. The molecular formula is C10H17NO2S2. The summed E-state index contributed by atoms with van der Waals surface area (Å²) < 4.78 is 4.91. The van der Waals surface area contributed by atoms with Crippen LogP contribution in [0, 0.1) is 17.2 Å². The van der Waals surface area contributed by atoms with E-state index in [1.807, 2.05) is 6.92 Å². The number of esters is 1. The van der Waals surface area contributed by atoms with E-state index in [0.29, 0.717) is 5.75 Å². The van der Waals surface area contributed by atoms with Crippen molar-refractivity contribution in [2.45, 2.75) is 32.4 Å². The quantitative estimate of drug-likeness (QED) is 0.552. The number of rotatable bonds is 5. The first-order valence-electron chi connectivity index (χ1n) is 4.71. The van der Waals surface area contributed by atoms with E-state index in [9.17, 15) is 4.79 Å². The molecule has 0 saturated carbocycles. The monoisotopic (exact) mass is 247 g/mol. The molecule has 0 heterocycles. The number of hydrogen-bond acceptors (Lipinski definition) is 5. The van der Waals surface area contributed by atoms with Gasteiger partial charge in [-0.25, -0.2) is 0 Å². The van der Waals surface area contributed by atoms with Crippen LogP contribution >= 0.6 is 21.6 Å². The van der Waals surface area contributed by atoms with Crippen LogP contribution in [-0.4, -0.2) is 23.1 Å². The van der Waals surface area contributed by atoms with Crippen molar-refractivity contribution < 1.29 is 9.53 Å². The van der Waals surface area contributed by atoms with Crippen molar-refractivity contribution in [1.82, 2.24) is 0 Å². The van der Waals surface area contributed by atoms with E-state index < -0.39 is 0 Å².